The van der Waals surface area contributed by atoms with Crippen LogP contribution in [0.3, 0.4) is 0 Å². The molecule has 0 bridgehead atoms. The van der Waals surface area contributed by atoms with Gasteiger partial charge in [-0.05, 0) is 35.9 Å². The van der Waals surface area contributed by atoms with Crippen molar-refractivity contribution in [3.8, 4) is 11.4 Å². The van der Waals surface area contributed by atoms with Crippen molar-refractivity contribution in [2.24, 2.45) is 0 Å². The number of nitrogens with one attached hydrogen (secondary N) is 1. The number of furan rings is 1. The lowest BCUT2D eigenvalue weighted by atomic mass is 10.1. The van der Waals surface area contributed by atoms with E-state index in [1.54, 1.807) is 18.5 Å². The van der Waals surface area contributed by atoms with Crippen molar-refractivity contribution in [3.63, 3.8) is 0 Å². The molecule has 4 rings (SSSR count). The number of fused-ring (bicyclic) bond motifs is 1. The first-order chi connectivity index (χ1) is 11.7. The van der Waals surface area contributed by atoms with E-state index in [0.29, 0.717) is 29.7 Å². The van der Waals surface area contributed by atoms with E-state index >= 15 is 0 Å². The summed E-state index contributed by atoms with van der Waals surface area (Å²) in [5.74, 6) is 1.36. The van der Waals surface area contributed by atoms with E-state index in [1.807, 2.05) is 18.2 Å². The molecule has 3 aromatic rings. The van der Waals surface area contributed by atoms with Gasteiger partial charge in [0.05, 0.1) is 17.8 Å². The third-order valence-corrected chi connectivity index (χ3v) is 4.29. The highest BCUT2D eigenvalue weighted by molar-refractivity contribution is 6.28. The van der Waals surface area contributed by atoms with Crippen molar-refractivity contribution in [1.82, 2.24) is 19.9 Å². The zero-order valence-corrected chi connectivity index (χ0v) is 13.6. The number of hydrogen-bond donors (Lipinski definition) is 1. The first kappa shape index (κ1) is 15.1. The number of aromatic nitrogens is 3. The summed E-state index contributed by atoms with van der Waals surface area (Å²) >= 11 is 5.80. The minimum absolute atomic E-state index is 0.0963. The van der Waals surface area contributed by atoms with Crippen LogP contribution in [-0.4, -0.2) is 26.4 Å². The largest absolute Gasteiger partial charge is 0.448 e. The lowest BCUT2D eigenvalue weighted by molar-refractivity contribution is 0.222. The fourth-order valence-corrected chi connectivity index (χ4v) is 3.07. The van der Waals surface area contributed by atoms with Gasteiger partial charge in [0, 0.05) is 37.5 Å². The minimum atomic E-state index is -0.0963. The highest BCUT2D eigenvalue weighted by Gasteiger charge is 2.22. The fourth-order valence-electron chi connectivity index (χ4n) is 2.91. The maximum absolute atomic E-state index is 12.5. The number of hydrogen-bond acceptors (Lipinski definition) is 5. The molecule has 0 atom stereocenters. The summed E-state index contributed by atoms with van der Waals surface area (Å²) < 4.78 is 5.40. The van der Waals surface area contributed by atoms with Gasteiger partial charge in [-0.15, -0.1) is 0 Å². The summed E-state index contributed by atoms with van der Waals surface area (Å²) in [6.45, 7) is 1.98. The van der Waals surface area contributed by atoms with Crippen molar-refractivity contribution < 1.29 is 4.42 Å². The average molecular weight is 343 g/mol. The molecule has 6 nitrogen and oxygen atoms in total. The molecule has 0 amide bonds. The number of halogens is 1. The molecule has 0 fully saturated rings. The van der Waals surface area contributed by atoms with Crippen LogP contribution >= 0.6 is 11.6 Å². The van der Waals surface area contributed by atoms with Crippen LogP contribution in [0.2, 0.25) is 5.22 Å². The third-order valence-electron chi connectivity index (χ3n) is 4.09. The SMILES string of the molecule is O=c1[nH]c(-c2cccnc2)nc2c1CN(Cc1ccc(Cl)o1)CC2. The summed E-state index contributed by atoms with van der Waals surface area (Å²) in [5.41, 5.74) is 2.28. The molecule has 0 spiro atoms. The Hall–Kier alpha value is -2.44. The first-order valence-corrected chi connectivity index (χ1v) is 8.06. The van der Waals surface area contributed by atoms with Crippen molar-refractivity contribution in [2.75, 3.05) is 6.54 Å². The van der Waals surface area contributed by atoms with Crippen LogP contribution in [0.1, 0.15) is 17.0 Å². The van der Waals surface area contributed by atoms with Gasteiger partial charge in [-0.3, -0.25) is 14.7 Å². The smallest absolute Gasteiger partial charge is 0.255 e. The molecule has 4 heterocycles. The third kappa shape index (κ3) is 2.98. The second-order valence-electron chi connectivity index (χ2n) is 5.75. The van der Waals surface area contributed by atoms with Gasteiger partial charge in [0.1, 0.15) is 11.6 Å². The lowest BCUT2D eigenvalue weighted by Gasteiger charge is -2.26. The molecule has 0 saturated heterocycles. The molecule has 0 radical (unpaired) electrons. The minimum Gasteiger partial charge on any atom is -0.448 e. The van der Waals surface area contributed by atoms with E-state index in [9.17, 15) is 4.79 Å². The predicted octanol–water partition coefficient (Wildman–Crippen LogP) is 2.64. The Kier molecular flexibility index (Phi) is 3.92. The van der Waals surface area contributed by atoms with Crippen molar-refractivity contribution in [1.29, 1.82) is 0 Å². The summed E-state index contributed by atoms with van der Waals surface area (Å²) in [7, 11) is 0. The van der Waals surface area contributed by atoms with E-state index < -0.39 is 0 Å². The molecule has 0 unspecified atom stereocenters. The molecule has 1 aliphatic rings. The van der Waals surface area contributed by atoms with Crippen LogP contribution in [0, 0.1) is 0 Å². The second-order valence-corrected chi connectivity index (χ2v) is 6.12. The van der Waals surface area contributed by atoms with Crippen LogP contribution in [-0.2, 0) is 19.5 Å². The highest BCUT2D eigenvalue weighted by atomic mass is 35.5. The van der Waals surface area contributed by atoms with Crippen molar-refractivity contribution in [2.45, 2.75) is 19.5 Å². The summed E-state index contributed by atoms with van der Waals surface area (Å²) in [6, 6.07) is 7.29. The lowest BCUT2D eigenvalue weighted by Crippen LogP contribution is -2.35. The Balaban J connectivity index is 1.59. The molecule has 1 aliphatic heterocycles. The van der Waals surface area contributed by atoms with Gasteiger partial charge in [-0.2, -0.15) is 0 Å². The zero-order valence-electron chi connectivity index (χ0n) is 12.8. The Labute approximate surface area is 143 Å². The topological polar surface area (TPSA) is 75.0 Å². The summed E-state index contributed by atoms with van der Waals surface area (Å²) in [6.07, 6.45) is 4.11. The van der Waals surface area contributed by atoms with Gasteiger partial charge in [-0.25, -0.2) is 4.98 Å². The van der Waals surface area contributed by atoms with Gasteiger partial charge in [0.25, 0.3) is 5.56 Å². The molecule has 0 saturated carbocycles. The van der Waals surface area contributed by atoms with Crippen LogP contribution in [0.5, 0.6) is 0 Å². The Morgan fingerprint density at radius 1 is 1.33 bits per heavy atom. The van der Waals surface area contributed by atoms with Crippen molar-refractivity contribution >= 4 is 11.6 Å². The normalized spacial score (nSPS) is 14.5. The van der Waals surface area contributed by atoms with Crippen LogP contribution in [0.15, 0.2) is 45.9 Å². The number of rotatable bonds is 3. The Morgan fingerprint density at radius 3 is 3.00 bits per heavy atom. The maximum Gasteiger partial charge on any atom is 0.255 e. The van der Waals surface area contributed by atoms with Crippen molar-refractivity contribution in [3.05, 3.63) is 69.3 Å². The molecule has 3 aromatic heterocycles. The Morgan fingerprint density at radius 2 is 2.25 bits per heavy atom. The number of nitrogens with zero attached hydrogens (tertiary/aromatic N) is 3. The van der Waals surface area contributed by atoms with E-state index in [0.717, 1.165) is 30.0 Å². The molecular formula is C17H15ClN4O2. The van der Waals surface area contributed by atoms with Gasteiger partial charge >= 0.3 is 0 Å². The second kappa shape index (κ2) is 6.22. The van der Waals surface area contributed by atoms with E-state index in [-0.39, 0.29) is 5.56 Å². The first-order valence-electron chi connectivity index (χ1n) is 7.68. The van der Waals surface area contributed by atoms with Gasteiger partial charge in [-0.1, -0.05) is 0 Å². The van der Waals surface area contributed by atoms with E-state index in [1.165, 1.54) is 0 Å². The number of pyridine rings is 1. The Bertz CT molecular complexity index is 920. The van der Waals surface area contributed by atoms with E-state index in [4.69, 9.17) is 16.0 Å². The van der Waals surface area contributed by atoms with Crippen LogP contribution in [0.4, 0.5) is 0 Å². The fraction of sp³-hybridized carbons (Fsp3) is 0.235. The summed E-state index contributed by atoms with van der Waals surface area (Å²) in [4.78, 5) is 26.2. The monoisotopic (exact) mass is 342 g/mol. The number of H-pyrrole nitrogens is 1. The predicted molar refractivity (Wildman–Crippen MR) is 89.6 cm³/mol. The summed E-state index contributed by atoms with van der Waals surface area (Å²) in [5, 5.41) is 0.378. The molecule has 122 valence electrons. The average Bonchev–Trinajstić information content (AvgIpc) is 3.01. The van der Waals surface area contributed by atoms with E-state index in [2.05, 4.69) is 19.9 Å². The van der Waals surface area contributed by atoms with Crippen LogP contribution < -0.4 is 5.56 Å². The molecule has 1 N–H and O–H groups in total. The van der Waals surface area contributed by atoms with Gasteiger partial charge in [0.15, 0.2) is 5.22 Å². The molecular weight excluding hydrogens is 328 g/mol. The maximum atomic E-state index is 12.5. The zero-order chi connectivity index (χ0) is 16.5. The number of aromatic amines is 1. The highest BCUT2D eigenvalue weighted by Crippen LogP contribution is 2.21. The quantitative estimate of drug-likeness (QED) is 0.792. The molecule has 7 heteroatoms. The van der Waals surface area contributed by atoms with Crippen LogP contribution in [0.25, 0.3) is 11.4 Å². The molecule has 0 aliphatic carbocycles. The van der Waals surface area contributed by atoms with Gasteiger partial charge < -0.3 is 9.40 Å². The molecule has 0 aromatic carbocycles. The molecule has 24 heavy (non-hydrogen) atoms. The standard InChI is InChI=1S/C17H15ClN4O2/c18-15-4-3-12(24-15)9-22-7-5-14-13(10-22)17(23)21-16(20-14)11-2-1-6-19-8-11/h1-4,6,8H,5,7,9-10H2,(H,20,21,23). The van der Waals surface area contributed by atoms with Gasteiger partial charge in [0.2, 0.25) is 0 Å².